The highest BCUT2D eigenvalue weighted by molar-refractivity contribution is 6.28. The van der Waals surface area contributed by atoms with Gasteiger partial charge in [-0.15, -0.1) is 0 Å². The second-order valence-electron chi connectivity index (χ2n) is 4.75. The molecule has 0 saturated carbocycles. The number of halogens is 1. The lowest BCUT2D eigenvalue weighted by atomic mass is 10.0. The Labute approximate surface area is 121 Å². The van der Waals surface area contributed by atoms with Crippen molar-refractivity contribution in [1.82, 2.24) is 5.06 Å². The molecule has 2 aromatic carbocycles. The standard InChI is InChI=1S/C16H14ClNO2/c1-10(18(19)11(2)17)12-7-8-16-14(9-12)13-5-3-4-6-15(13)20-16/h3-10,19H,2H2,1H3. The number of nitrogens with zero attached hydrogens (tertiary/aromatic N) is 1. The Bertz CT molecular complexity index is 793. The predicted octanol–water partition coefficient (Wildman–Crippen LogP) is 5.05. The molecule has 20 heavy (non-hydrogen) atoms. The molecule has 0 bridgehead atoms. The summed E-state index contributed by atoms with van der Waals surface area (Å²) >= 11 is 5.73. The van der Waals surface area contributed by atoms with Crippen LogP contribution in [0, 0.1) is 0 Å². The first-order valence-electron chi connectivity index (χ1n) is 6.31. The van der Waals surface area contributed by atoms with Crippen LogP contribution in [0.5, 0.6) is 0 Å². The van der Waals surface area contributed by atoms with Crippen LogP contribution in [0.2, 0.25) is 0 Å². The zero-order valence-electron chi connectivity index (χ0n) is 11.0. The summed E-state index contributed by atoms with van der Waals surface area (Å²) in [6.07, 6.45) is 0. The second-order valence-corrected chi connectivity index (χ2v) is 5.19. The molecular weight excluding hydrogens is 274 g/mol. The van der Waals surface area contributed by atoms with Crippen molar-refractivity contribution in [2.24, 2.45) is 0 Å². The summed E-state index contributed by atoms with van der Waals surface area (Å²) < 4.78 is 5.78. The Hall–Kier alpha value is -1.97. The lowest BCUT2D eigenvalue weighted by Crippen LogP contribution is -2.19. The smallest absolute Gasteiger partial charge is 0.135 e. The van der Waals surface area contributed by atoms with E-state index in [0.29, 0.717) is 0 Å². The van der Waals surface area contributed by atoms with Crippen molar-refractivity contribution in [3.8, 4) is 0 Å². The Kier molecular flexibility index (Phi) is 3.16. The molecule has 1 aromatic heterocycles. The van der Waals surface area contributed by atoms with Crippen molar-refractivity contribution >= 4 is 33.5 Å². The molecule has 3 nitrogen and oxygen atoms in total. The van der Waals surface area contributed by atoms with E-state index in [1.807, 2.05) is 49.4 Å². The summed E-state index contributed by atoms with van der Waals surface area (Å²) in [5.41, 5.74) is 2.62. The maximum atomic E-state index is 9.86. The van der Waals surface area contributed by atoms with Crippen LogP contribution in [0.25, 0.3) is 21.9 Å². The Morgan fingerprint density at radius 2 is 1.90 bits per heavy atom. The van der Waals surface area contributed by atoms with Gasteiger partial charge >= 0.3 is 0 Å². The van der Waals surface area contributed by atoms with Crippen LogP contribution in [0.4, 0.5) is 0 Å². The van der Waals surface area contributed by atoms with Gasteiger partial charge in [-0.25, -0.2) is 5.06 Å². The molecule has 0 aliphatic heterocycles. The fraction of sp³-hybridized carbons (Fsp3) is 0.125. The van der Waals surface area contributed by atoms with Crippen LogP contribution in [0.3, 0.4) is 0 Å². The number of hydrogen-bond donors (Lipinski definition) is 1. The minimum absolute atomic E-state index is 0.0923. The van der Waals surface area contributed by atoms with Gasteiger partial charge in [0.2, 0.25) is 0 Å². The molecule has 4 heteroatoms. The van der Waals surface area contributed by atoms with Gasteiger partial charge < -0.3 is 4.42 Å². The molecule has 3 rings (SSSR count). The Morgan fingerprint density at radius 3 is 2.65 bits per heavy atom. The molecule has 3 aromatic rings. The van der Waals surface area contributed by atoms with Crippen molar-refractivity contribution < 1.29 is 9.62 Å². The molecule has 0 amide bonds. The van der Waals surface area contributed by atoms with Crippen LogP contribution in [-0.4, -0.2) is 10.3 Å². The fourth-order valence-corrected chi connectivity index (χ4v) is 2.50. The van der Waals surface area contributed by atoms with Gasteiger partial charge in [0.15, 0.2) is 0 Å². The summed E-state index contributed by atoms with van der Waals surface area (Å²) in [5.74, 6) is 0. The molecular formula is C16H14ClNO2. The van der Waals surface area contributed by atoms with Crippen LogP contribution >= 0.6 is 11.6 Å². The first-order valence-corrected chi connectivity index (χ1v) is 6.69. The molecule has 0 saturated heterocycles. The van der Waals surface area contributed by atoms with E-state index in [1.54, 1.807) is 0 Å². The van der Waals surface area contributed by atoms with Gasteiger partial charge in [-0.05, 0) is 30.7 Å². The van der Waals surface area contributed by atoms with E-state index in [0.717, 1.165) is 32.6 Å². The first-order chi connectivity index (χ1) is 9.58. The number of fused-ring (bicyclic) bond motifs is 3. The second kappa shape index (κ2) is 4.85. The van der Waals surface area contributed by atoms with E-state index in [9.17, 15) is 5.21 Å². The van der Waals surface area contributed by atoms with Crippen LogP contribution in [0.1, 0.15) is 18.5 Å². The van der Waals surface area contributed by atoms with Gasteiger partial charge in [-0.1, -0.05) is 42.4 Å². The average molecular weight is 288 g/mol. The summed E-state index contributed by atoms with van der Waals surface area (Å²) in [4.78, 5) is 0. The lowest BCUT2D eigenvalue weighted by Gasteiger charge is -2.23. The highest BCUT2D eigenvalue weighted by atomic mass is 35.5. The third kappa shape index (κ3) is 2.05. The quantitative estimate of drug-likeness (QED) is 0.541. The van der Waals surface area contributed by atoms with E-state index >= 15 is 0 Å². The number of para-hydroxylation sites is 1. The minimum Gasteiger partial charge on any atom is -0.456 e. The van der Waals surface area contributed by atoms with Gasteiger partial charge in [-0.2, -0.15) is 0 Å². The van der Waals surface area contributed by atoms with Gasteiger partial charge in [0.05, 0.1) is 6.04 Å². The minimum atomic E-state index is -0.280. The fourth-order valence-electron chi connectivity index (χ4n) is 2.35. The van der Waals surface area contributed by atoms with Crippen LogP contribution < -0.4 is 0 Å². The monoisotopic (exact) mass is 287 g/mol. The van der Waals surface area contributed by atoms with Crippen molar-refractivity contribution in [2.45, 2.75) is 13.0 Å². The molecule has 0 fully saturated rings. The summed E-state index contributed by atoms with van der Waals surface area (Å²) in [6.45, 7) is 5.38. The van der Waals surface area contributed by atoms with E-state index in [4.69, 9.17) is 16.0 Å². The van der Waals surface area contributed by atoms with Gasteiger partial charge in [-0.3, -0.25) is 5.21 Å². The van der Waals surface area contributed by atoms with E-state index in [1.165, 1.54) is 0 Å². The Balaban J connectivity index is 2.14. The highest BCUT2D eigenvalue weighted by Crippen LogP contribution is 2.32. The SMILES string of the molecule is C=C(Cl)N(O)C(C)c1ccc2oc3ccccc3c2c1. The summed E-state index contributed by atoms with van der Waals surface area (Å²) in [7, 11) is 0. The largest absolute Gasteiger partial charge is 0.456 e. The van der Waals surface area contributed by atoms with Crippen molar-refractivity contribution in [1.29, 1.82) is 0 Å². The van der Waals surface area contributed by atoms with Crippen LogP contribution in [0.15, 0.2) is 58.6 Å². The van der Waals surface area contributed by atoms with Crippen molar-refractivity contribution in [3.05, 3.63) is 59.8 Å². The molecule has 1 N–H and O–H groups in total. The van der Waals surface area contributed by atoms with E-state index in [-0.39, 0.29) is 11.2 Å². The molecule has 0 radical (unpaired) electrons. The maximum absolute atomic E-state index is 9.86. The van der Waals surface area contributed by atoms with E-state index in [2.05, 4.69) is 6.58 Å². The zero-order chi connectivity index (χ0) is 14.3. The number of hydroxylamine groups is 2. The van der Waals surface area contributed by atoms with Gasteiger partial charge in [0, 0.05) is 10.8 Å². The first kappa shape index (κ1) is 13.0. The molecule has 1 unspecified atom stereocenters. The summed E-state index contributed by atoms with van der Waals surface area (Å²) in [5, 5.41) is 13.0. The maximum Gasteiger partial charge on any atom is 0.135 e. The lowest BCUT2D eigenvalue weighted by molar-refractivity contribution is -0.0800. The average Bonchev–Trinajstić information content (AvgIpc) is 2.83. The van der Waals surface area contributed by atoms with Crippen LogP contribution in [-0.2, 0) is 0 Å². The molecule has 102 valence electrons. The molecule has 0 spiro atoms. The number of benzene rings is 2. The zero-order valence-corrected chi connectivity index (χ0v) is 11.8. The molecule has 0 aliphatic carbocycles. The topological polar surface area (TPSA) is 36.6 Å². The summed E-state index contributed by atoms with van der Waals surface area (Å²) in [6, 6.07) is 13.4. The van der Waals surface area contributed by atoms with Gasteiger partial charge in [0.1, 0.15) is 16.3 Å². The third-order valence-corrected chi connectivity index (χ3v) is 3.67. The van der Waals surface area contributed by atoms with E-state index < -0.39 is 0 Å². The highest BCUT2D eigenvalue weighted by Gasteiger charge is 2.16. The normalized spacial score (nSPS) is 12.8. The molecule has 0 aliphatic rings. The number of rotatable bonds is 3. The molecule has 1 atom stereocenters. The third-order valence-electron chi connectivity index (χ3n) is 3.50. The predicted molar refractivity (Wildman–Crippen MR) is 80.8 cm³/mol. The van der Waals surface area contributed by atoms with Crippen molar-refractivity contribution in [2.75, 3.05) is 0 Å². The Morgan fingerprint density at radius 1 is 1.20 bits per heavy atom. The number of furan rings is 1. The molecule has 1 heterocycles. The van der Waals surface area contributed by atoms with Gasteiger partial charge in [0.25, 0.3) is 0 Å². The van der Waals surface area contributed by atoms with Crippen molar-refractivity contribution in [3.63, 3.8) is 0 Å². The number of hydrogen-bond acceptors (Lipinski definition) is 3.